The van der Waals surface area contributed by atoms with Crippen molar-refractivity contribution >= 4 is 22.6 Å². The van der Waals surface area contributed by atoms with Gasteiger partial charge in [0.15, 0.2) is 0 Å². The summed E-state index contributed by atoms with van der Waals surface area (Å²) in [4.78, 5) is 24.8. The number of nitrogens with zero attached hydrogens (tertiary/aromatic N) is 2. The molecule has 1 N–H and O–H groups in total. The molecule has 3 rings (SSSR count). The number of aromatic nitrogens is 2. The topological polar surface area (TPSA) is 65.3 Å². The lowest BCUT2D eigenvalue weighted by molar-refractivity contribution is -0.274. The Morgan fingerprint density at radius 3 is 2.19 bits per heavy atom. The molecule has 1 aromatic heterocycles. The number of alkyl halides is 3. The average molecular weight is 379 g/mol. The van der Waals surface area contributed by atoms with Crippen LogP contribution in [0.15, 0.2) is 53.3 Å². The van der Waals surface area contributed by atoms with Crippen LogP contribution in [0.4, 0.5) is 18.9 Å². The molecule has 2 aromatic carbocycles. The highest BCUT2D eigenvalue weighted by Gasteiger charge is 2.31. The van der Waals surface area contributed by atoms with Crippen molar-refractivity contribution in [3.05, 3.63) is 59.0 Å². The summed E-state index contributed by atoms with van der Waals surface area (Å²) in [5.41, 5.74) is 1.35. The number of imidazole rings is 1. The van der Waals surface area contributed by atoms with Crippen LogP contribution in [-0.2, 0) is 17.9 Å². The number of para-hydroxylation sites is 2. The molecule has 0 saturated carbocycles. The number of anilines is 1. The van der Waals surface area contributed by atoms with E-state index < -0.39 is 12.3 Å². The normalized spacial score (nSPS) is 11.6. The summed E-state index contributed by atoms with van der Waals surface area (Å²) in [6, 6.07) is 11.9. The number of hydrogen-bond donors (Lipinski definition) is 1. The number of benzene rings is 2. The number of nitrogens with one attached hydrogen (secondary N) is 1. The lowest BCUT2D eigenvalue weighted by Gasteiger charge is -2.10. The third kappa shape index (κ3) is 4.13. The SMILES string of the molecule is CCn1c(=O)n(CC(=O)Nc2ccc(OC(F)(F)F)cc2)c2ccccc21. The molecule has 0 radical (unpaired) electrons. The van der Waals surface area contributed by atoms with Crippen LogP contribution in [0, 0.1) is 0 Å². The van der Waals surface area contributed by atoms with E-state index in [0.29, 0.717) is 17.7 Å². The van der Waals surface area contributed by atoms with E-state index in [0.717, 1.165) is 17.6 Å². The Hall–Kier alpha value is -3.23. The van der Waals surface area contributed by atoms with Gasteiger partial charge in [0.1, 0.15) is 12.3 Å². The molecule has 0 aliphatic rings. The standard InChI is InChI=1S/C18H16F3N3O3/c1-2-23-14-5-3-4-6-15(14)24(17(23)26)11-16(25)22-12-7-9-13(10-8-12)27-18(19,20)21/h3-10H,2,11H2,1H3,(H,22,25). The van der Waals surface area contributed by atoms with Gasteiger partial charge in [0.25, 0.3) is 0 Å². The molecule has 1 heterocycles. The molecule has 1 amide bonds. The molecule has 0 aliphatic heterocycles. The van der Waals surface area contributed by atoms with Crippen molar-refractivity contribution in [3.63, 3.8) is 0 Å². The van der Waals surface area contributed by atoms with Crippen LogP contribution in [0.25, 0.3) is 11.0 Å². The molecule has 142 valence electrons. The first kappa shape index (κ1) is 18.6. The number of carbonyl (C=O) groups is 1. The number of ether oxygens (including phenoxy) is 1. The number of amides is 1. The summed E-state index contributed by atoms with van der Waals surface area (Å²) in [5, 5.41) is 2.55. The third-order valence-electron chi connectivity index (χ3n) is 3.91. The second-order valence-electron chi connectivity index (χ2n) is 5.72. The Kier molecular flexibility index (Phi) is 4.93. The Morgan fingerprint density at radius 2 is 1.63 bits per heavy atom. The van der Waals surface area contributed by atoms with Crippen molar-refractivity contribution in [1.29, 1.82) is 0 Å². The van der Waals surface area contributed by atoms with Crippen molar-refractivity contribution in [2.24, 2.45) is 0 Å². The Balaban J connectivity index is 1.76. The van der Waals surface area contributed by atoms with Gasteiger partial charge in [0.05, 0.1) is 11.0 Å². The quantitative estimate of drug-likeness (QED) is 0.739. The van der Waals surface area contributed by atoms with Gasteiger partial charge in [-0.05, 0) is 43.3 Å². The van der Waals surface area contributed by atoms with E-state index in [9.17, 15) is 22.8 Å². The molecule has 0 fully saturated rings. The molecule has 0 atom stereocenters. The highest BCUT2D eigenvalue weighted by Crippen LogP contribution is 2.24. The smallest absolute Gasteiger partial charge is 0.406 e. The van der Waals surface area contributed by atoms with Gasteiger partial charge in [-0.1, -0.05) is 12.1 Å². The Morgan fingerprint density at radius 1 is 1.04 bits per heavy atom. The highest BCUT2D eigenvalue weighted by molar-refractivity contribution is 5.91. The van der Waals surface area contributed by atoms with Gasteiger partial charge in [-0.15, -0.1) is 13.2 Å². The molecular weight excluding hydrogens is 363 g/mol. The summed E-state index contributed by atoms with van der Waals surface area (Å²) in [6.07, 6.45) is -4.78. The van der Waals surface area contributed by atoms with Crippen molar-refractivity contribution in [2.75, 3.05) is 5.32 Å². The maximum atomic E-state index is 12.5. The molecule has 0 bridgehead atoms. The van der Waals surface area contributed by atoms with E-state index in [-0.39, 0.29) is 18.0 Å². The molecule has 0 spiro atoms. The summed E-state index contributed by atoms with van der Waals surface area (Å²) >= 11 is 0. The fraction of sp³-hybridized carbons (Fsp3) is 0.222. The van der Waals surface area contributed by atoms with Crippen LogP contribution in [0.1, 0.15) is 6.92 Å². The molecule has 3 aromatic rings. The van der Waals surface area contributed by atoms with Crippen LogP contribution in [0.3, 0.4) is 0 Å². The van der Waals surface area contributed by atoms with Gasteiger partial charge >= 0.3 is 12.1 Å². The largest absolute Gasteiger partial charge is 0.573 e. The van der Waals surface area contributed by atoms with Gasteiger partial charge in [-0.25, -0.2) is 4.79 Å². The summed E-state index contributed by atoms with van der Waals surface area (Å²) in [5.74, 6) is -0.858. The van der Waals surface area contributed by atoms with Crippen molar-refractivity contribution in [1.82, 2.24) is 9.13 Å². The van der Waals surface area contributed by atoms with Crippen LogP contribution in [0.2, 0.25) is 0 Å². The fourth-order valence-electron chi connectivity index (χ4n) is 2.81. The number of aryl methyl sites for hydroxylation is 1. The second kappa shape index (κ2) is 7.18. The zero-order chi connectivity index (χ0) is 19.6. The molecule has 27 heavy (non-hydrogen) atoms. The molecule has 0 saturated heterocycles. The van der Waals surface area contributed by atoms with E-state index in [2.05, 4.69) is 10.1 Å². The van der Waals surface area contributed by atoms with Crippen molar-refractivity contribution < 1.29 is 22.7 Å². The van der Waals surface area contributed by atoms with E-state index in [1.54, 1.807) is 22.8 Å². The predicted molar refractivity (Wildman–Crippen MR) is 93.6 cm³/mol. The number of hydrogen-bond acceptors (Lipinski definition) is 3. The van der Waals surface area contributed by atoms with Crippen molar-refractivity contribution in [3.8, 4) is 5.75 Å². The monoisotopic (exact) mass is 379 g/mol. The summed E-state index contributed by atoms with van der Waals surface area (Å²) < 4.78 is 43.2. The van der Waals surface area contributed by atoms with Crippen LogP contribution in [-0.4, -0.2) is 21.4 Å². The fourth-order valence-corrected chi connectivity index (χ4v) is 2.81. The molecular formula is C18H16F3N3O3. The minimum Gasteiger partial charge on any atom is -0.406 e. The molecule has 6 nitrogen and oxygen atoms in total. The minimum atomic E-state index is -4.78. The second-order valence-corrected chi connectivity index (χ2v) is 5.72. The molecule has 9 heteroatoms. The van der Waals surface area contributed by atoms with Crippen LogP contribution >= 0.6 is 0 Å². The Bertz CT molecular complexity index is 1020. The lowest BCUT2D eigenvalue weighted by Crippen LogP contribution is -2.29. The number of rotatable bonds is 5. The summed E-state index contributed by atoms with van der Waals surface area (Å²) in [6.45, 7) is 2.09. The number of halogens is 3. The van der Waals surface area contributed by atoms with Gasteiger partial charge in [0, 0.05) is 12.2 Å². The van der Waals surface area contributed by atoms with E-state index >= 15 is 0 Å². The first-order valence-corrected chi connectivity index (χ1v) is 8.12. The van der Waals surface area contributed by atoms with Crippen molar-refractivity contribution in [2.45, 2.75) is 26.4 Å². The van der Waals surface area contributed by atoms with Crippen LogP contribution in [0.5, 0.6) is 5.75 Å². The number of fused-ring (bicyclic) bond motifs is 1. The zero-order valence-corrected chi connectivity index (χ0v) is 14.3. The maximum Gasteiger partial charge on any atom is 0.573 e. The maximum absolute atomic E-state index is 12.5. The van der Waals surface area contributed by atoms with Crippen LogP contribution < -0.4 is 15.7 Å². The first-order valence-electron chi connectivity index (χ1n) is 8.12. The highest BCUT2D eigenvalue weighted by atomic mass is 19.4. The first-order chi connectivity index (χ1) is 12.8. The zero-order valence-electron chi connectivity index (χ0n) is 14.3. The number of carbonyl (C=O) groups excluding carboxylic acids is 1. The van der Waals surface area contributed by atoms with E-state index in [1.165, 1.54) is 16.7 Å². The van der Waals surface area contributed by atoms with Gasteiger partial charge in [0.2, 0.25) is 5.91 Å². The van der Waals surface area contributed by atoms with E-state index in [1.807, 2.05) is 13.0 Å². The summed E-state index contributed by atoms with van der Waals surface area (Å²) in [7, 11) is 0. The van der Waals surface area contributed by atoms with Gasteiger partial charge in [-0.3, -0.25) is 13.9 Å². The third-order valence-corrected chi connectivity index (χ3v) is 3.91. The predicted octanol–water partition coefficient (Wildman–Crippen LogP) is 3.36. The van der Waals surface area contributed by atoms with E-state index in [4.69, 9.17) is 0 Å². The Labute approximate surface area is 151 Å². The average Bonchev–Trinajstić information content (AvgIpc) is 2.87. The lowest BCUT2D eigenvalue weighted by atomic mass is 10.3. The van der Waals surface area contributed by atoms with Gasteiger partial charge in [-0.2, -0.15) is 0 Å². The molecule has 0 aliphatic carbocycles. The molecule has 0 unspecified atom stereocenters. The minimum absolute atomic E-state index is 0.215. The van der Waals surface area contributed by atoms with Gasteiger partial charge < -0.3 is 10.1 Å².